The molecule has 0 spiro atoms. The molecule has 0 amide bonds. The van der Waals surface area contributed by atoms with Gasteiger partial charge in [0.1, 0.15) is 0 Å². The third-order valence-electron chi connectivity index (χ3n) is 1.22. The Balaban J connectivity index is 3.05. The van der Waals surface area contributed by atoms with Gasteiger partial charge in [-0.1, -0.05) is 19.8 Å². The molecule has 0 heterocycles. The van der Waals surface area contributed by atoms with Crippen LogP contribution >= 0.6 is 0 Å². The molecular weight excluding hydrogens is 130 g/mol. The smallest absolute Gasteiger partial charge is 0.307 e. The molecule has 0 bridgehead atoms. The SMILES string of the molecule is CCCCCC(=O)OC[NH]. The van der Waals surface area contributed by atoms with Gasteiger partial charge >= 0.3 is 5.97 Å². The molecule has 0 aliphatic rings. The molecule has 0 aromatic rings. The Morgan fingerprint density at radius 3 is 2.70 bits per heavy atom. The van der Waals surface area contributed by atoms with Gasteiger partial charge in [0.05, 0.1) is 0 Å². The van der Waals surface area contributed by atoms with Crippen molar-refractivity contribution in [1.29, 1.82) is 0 Å². The van der Waals surface area contributed by atoms with Crippen LogP contribution in [0.4, 0.5) is 0 Å². The summed E-state index contributed by atoms with van der Waals surface area (Å²) in [6, 6.07) is 0. The fourth-order valence-corrected chi connectivity index (χ4v) is 0.672. The molecule has 1 radical (unpaired) electrons. The molecule has 59 valence electrons. The lowest BCUT2D eigenvalue weighted by atomic mass is 10.2. The quantitative estimate of drug-likeness (QED) is 0.432. The summed E-state index contributed by atoms with van der Waals surface area (Å²) in [5, 5.41) is 0. The number of esters is 1. The number of hydrogen-bond donors (Lipinski definition) is 0. The van der Waals surface area contributed by atoms with E-state index in [2.05, 4.69) is 11.7 Å². The second kappa shape index (κ2) is 6.55. The van der Waals surface area contributed by atoms with Gasteiger partial charge in [0.2, 0.25) is 0 Å². The topological polar surface area (TPSA) is 50.1 Å². The van der Waals surface area contributed by atoms with Gasteiger partial charge in [-0.15, -0.1) is 0 Å². The Labute approximate surface area is 61.5 Å². The van der Waals surface area contributed by atoms with Crippen molar-refractivity contribution in [3.63, 3.8) is 0 Å². The monoisotopic (exact) mass is 144 g/mol. The lowest BCUT2D eigenvalue weighted by Gasteiger charge is -1.98. The van der Waals surface area contributed by atoms with Crippen LogP contribution in [0.3, 0.4) is 0 Å². The molecule has 0 saturated heterocycles. The first-order valence-corrected chi connectivity index (χ1v) is 3.61. The van der Waals surface area contributed by atoms with Gasteiger partial charge in [-0.2, -0.15) is 0 Å². The van der Waals surface area contributed by atoms with Gasteiger partial charge < -0.3 is 4.74 Å². The Kier molecular flexibility index (Phi) is 6.18. The molecule has 3 heteroatoms. The third-order valence-corrected chi connectivity index (χ3v) is 1.22. The van der Waals surface area contributed by atoms with E-state index in [-0.39, 0.29) is 12.7 Å². The number of carbonyl (C=O) groups is 1. The first kappa shape index (κ1) is 9.43. The van der Waals surface area contributed by atoms with Crippen LogP contribution in [0, 0.1) is 0 Å². The second-order valence-corrected chi connectivity index (χ2v) is 2.12. The Bertz CT molecular complexity index is 93.6. The molecule has 0 atom stereocenters. The molecule has 3 nitrogen and oxygen atoms in total. The molecule has 0 saturated carbocycles. The molecule has 10 heavy (non-hydrogen) atoms. The summed E-state index contributed by atoms with van der Waals surface area (Å²) >= 11 is 0. The Hall–Kier alpha value is -0.570. The number of unbranched alkanes of at least 4 members (excludes halogenated alkanes) is 2. The van der Waals surface area contributed by atoms with E-state index in [9.17, 15) is 4.79 Å². The minimum Gasteiger partial charge on any atom is -0.448 e. The zero-order valence-electron chi connectivity index (χ0n) is 6.35. The van der Waals surface area contributed by atoms with Crippen LogP contribution < -0.4 is 5.73 Å². The maximum atomic E-state index is 10.6. The van der Waals surface area contributed by atoms with Crippen LogP contribution in [0.5, 0.6) is 0 Å². The highest BCUT2D eigenvalue weighted by atomic mass is 16.5. The zero-order chi connectivity index (χ0) is 7.82. The number of nitrogens with one attached hydrogen (secondary N) is 1. The van der Waals surface area contributed by atoms with Crippen LogP contribution in [0.2, 0.25) is 0 Å². The van der Waals surface area contributed by atoms with Crippen molar-refractivity contribution in [2.45, 2.75) is 32.6 Å². The van der Waals surface area contributed by atoms with E-state index in [1.165, 1.54) is 0 Å². The maximum Gasteiger partial charge on any atom is 0.307 e. The molecule has 0 unspecified atom stereocenters. The molecule has 0 rings (SSSR count). The minimum atomic E-state index is -0.247. The standard InChI is InChI=1S/C7H14NO2/c1-2-3-4-5-7(9)10-6-8/h8H,2-6H2,1H3. The van der Waals surface area contributed by atoms with E-state index in [1.807, 2.05) is 0 Å². The van der Waals surface area contributed by atoms with Gasteiger partial charge in [-0.05, 0) is 6.42 Å². The average Bonchev–Trinajstić information content (AvgIpc) is 1.89. The molecule has 0 aromatic heterocycles. The van der Waals surface area contributed by atoms with Gasteiger partial charge in [0.25, 0.3) is 0 Å². The van der Waals surface area contributed by atoms with E-state index in [0.717, 1.165) is 19.3 Å². The van der Waals surface area contributed by atoms with Crippen LogP contribution in [0.15, 0.2) is 0 Å². The summed E-state index contributed by atoms with van der Waals surface area (Å²) in [5.41, 5.74) is 6.57. The van der Waals surface area contributed by atoms with Crippen molar-refractivity contribution in [3.05, 3.63) is 0 Å². The van der Waals surface area contributed by atoms with E-state index in [1.54, 1.807) is 0 Å². The summed E-state index contributed by atoms with van der Waals surface area (Å²) < 4.78 is 4.42. The van der Waals surface area contributed by atoms with Crippen LogP contribution in [-0.4, -0.2) is 12.7 Å². The van der Waals surface area contributed by atoms with E-state index >= 15 is 0 Å². The van der Waals surface area contributed by atoms with Crippen molar-refractivity contribution in [1.82, 2.24) is 5.73 Å². The highest BCUT2D eigenvalue weighted by Gasteiger charge is 1.98. The number of rotatable bonds is 5. The average molecular weight is 144 g/mol. The van der Waals surface area contributed by atoms with Crippen LogP contribution in [-0.2, 0) is 9.53 Å². The first-order valence-electron chi connectivity index (χ1n) is 3.61. The number of hydrogen-bond acceptors (Lipinski definition) is 2. The maximum absolute atomic E-state index is 10.6. The fourth-order valence-electron chi connectivity index (χ4n) is 0.672. The van der Waals surface area contributed by atoms with Gasteiger partial charge in [0, 0.05) is 6.42 Å². The van der Waals surface area contributed by atoms with Crippen molar-refractivity contribution in [2.75, 3.05) is 6.73 Å². The second-order valence-electron chi connectivity index (χ2n) is 2.12. The van der Waals surface area contributed by atoms with Crippen LogP contribution in [0.1, 0.15) is 32.6 Å². The van der Waals surface area contributed by atoms with Crippen molar-refractivity contribution >= 4 is 5.97 Å². The Morgan fingerprint density at radius 2 is 2.20 bits per heavy atom. The summed E-state index contributed by atoms with van der Waals surface area (Å²) in [7, 11) is 0. The number of carbonyl (C=O) groups excluding carboxylic acids is 1. The molecule has 0 aliphatic carbocycles. The molecule has 1 N–H and O–H groups in total. The fraction of sp³-hybridized carbons (Fsp3) is 0.857. The largest absolute Gasteiger partial charge is 0.448 e. The van der Waals surface area contributed by atoms with E-state index in [0.29, 0.717) is 6.42 Å². The minimum absolute atomic E-state index is 0.245. The van der Waals surface area contributed by atoms with E-state index < -0.39 is 0 Å². The predicted octanol–water partition coefficient (Wildman–Crippen LogP) is 1.35. The van der Waals surface area contributed by atoms with Crippen molar-refractivity contribution in [3.8, 4) is 0 Å². The summed E-state index contributed by atoms with van der Waals surface area (Å²) in [5.74, 6) is -0.247. The molecule has 0 fully saturated rings. The molecule has 0 aromatic carbocycles. The lowest BCUT2D eigenvalue weighted by molar-refractivity contribution is -0.143. The van der Waals surface area contributed by atoms with Gasteiger partial charge in [-0.25, -0.2) is 5.73 Å². The molecular formula is C7H14NO2. The third kappa shape index (κ3) is 5.56. The predicted molar refractivity (Wildman–Crippen MR) is 38.2 cm³/mol. The summed E-state index contributed by atoms with van der Waals surface area (Å²) in [4.78, 5) is 10.6. The number of ether oxygens (including phenoxy) is 1. The Morgan fingerprint density at radius 1 is 1.50 bits per heavy atom. The van der Waals surface area contributed by atoms with E-state index in [4.69, 9.17) is 5.73 Å². The van der Waals surface area contributed by atoms with Crippen LogP contribution in [0.25, 0.3) is 0 Å². The highest BCUT2D eigenvalue weighted by molar-refractivity contribution is 5.69. The lowest BCUT2D eigenvalue weighted by Crippen LogP contribution is -2.05. The zero-order valence-corrected chi connectivity index (χ0v) is 6.35. The van der Waals surface area contributed by atoms with Gasteiger partial charge in [0.15, 0.2) is 6.73 Å². The van der Waals surface area contributed by atoms with Crippen molar-refractivity contribution in [2.24, 2.45) is 0 Å². The summed E-state index contributed by atoms with van der Waals surface area (Å²) in [6.45, 7) is 1.83. The van der Waals surface area contributed by atoms with Gasteiger partial charge in [-0.3, -0.25) is 4.79 Å². The van der Waals surface area contributed by atoms with Crippen molar-refractivity contribution < 1.29 is 9.53 Å². The summed E-state index contributed by atoms with van der Waals surface area (Å²) in [6.07, 6.45) is 3.52. The first-order chi connectivity index (χ1) is 4.81. The molecule has 0 aliphatic heterocycles. The normalized spacial score (nSPS) is 9.40. The highest BCUT2D eigenvalue weighted by Crippen LogP contribution is 1.99.